The summed E-state index contributed by atoms with van der Waals surface area (Å²) in [6.07, 6.45) is -0.243. The van der Waals surface area contributed by atoms with Gasteiger partial charge in [0.15, 0.2) is 0 Å². The van der Waals surface area contributed by atoms with Gasteiger partial charge in [-0.05, 0) is 12.1 Å². The Morgan fingerprint density at radius 3 is 2.65 bits per heavy atom. The van der Waals surface area contributed by atoms with Crippen LogP contribution in [0.15, 0.2) is 24.3 Å². The summed E-state index contributed by atoms with van der Waals surface area (Å²) in [6, 6.07) is 5.23. The highest BCUT2D eigenvalue weighted by Gasteiger charge is 2.20. The highest BCUT2D eigenvalue weighted by atomic mass is 16.5. The first-order chi connectivity index (χ1) is 9.54. The molecule has 7 nitrogen and oxygen atoms in total. The number of hydrogen-bond donors (Lipinski definition) is 4. The Labute approximate surface area is 116 Å². The molecule has 0 aliphatic carbocycles. The maximum absolute atomic E-state index is 11.8. The average Bonchev–Trinajstić information content (AvgIpc) is 2.40. The number of carbonyl (C=O) groups excluding carboxylic acids is 1. The van der Waals surface area contributed by atoms with Gasteiger partial charge >= 0.3 is 5.97 Å². The van der Waals surface area contributed by atoms with Gasteiger partial charge < -0.3 is 25.6 Å². The van der Waals surface area contributed by atoms with E-state index in [0.717, 1.165) is 0 Å². The lowest BCUT2D eigenvalue weighted by atomic mass is 10.2. The summed E-state index contributed by atoms with van der Waals surface area (Å²) in [5.41, 5.74) is 0.249. The van der Waals surface area contributed by atoms with Crippen LogP contribution in [0.2, 0.25) is 0 Å². The minimum absolute atomic E-state index is 0.0694. The third-order valence-corrected chi connectivity index (χ3v) is 2.56. The number of carboxylic acid groups (broad SMARTS) is 1. The number of hydrogen-bond acceptors (Lipinski definition) is 5. The minimum atomic E-state index is -1.12. The molecule has 0 radical (unpaired) electrons. The summed E-state index contributed by atoms with van der Waals surface area (Å²) >= 11 is 0. The van der Waals surface area contributed by atoms with E-state index in [0.29, 0.717) is 13.2 Å². The molecular formula is C13H18N2O5. The predicted molar refractivity (Wildman–Crippen MR) is 72.7 cm³/mol. The highest BCUT2D eigenvalue weighted by Crippen LogP contribution is 2.21. The molecular weight excluding hydrogens is 264 g/mol. The van der Waals surface area contributed by atoms with Gasteiger partial charge in [0.1, 0.15) is 11.8 Å². The van der Waals surface area contributed by atoms with Crippen molar-refractivity contribution in [3.05, 3.63) is 24.3 Å². The maximum atomic E-state index is 11.8. The molecule has 20 heavy (non-hydrogen) atoms. The van der Waals surface area contributed by atoms with Crippen LogP contribution in [-0.2, 0) is 14.3 Å². The van der Waals surface area contributed by atoms with E-state index < -0.39 is 17.9 Å². The number of carboxylic acids is 1. The Morgan fingerprint density at radius 2 is 2.05 bits per heavy atom. The molecule has 0 aliphatic rings. The van der Waals surface area contributed by atoms with E-state index in [1.54, 1.807) is 12.1 Å². The van der Waals surface area contributed by atoms with Gasteiger partial charge in [-0.15, -0.1) is 0 Å². The summed E-state index contributed by atoms with van der Waals surface area (Å²) in [5, 5.41) is 23.7. The Kier molecular flexibility index (Phi) is 6.48. The molecule has 0 heterocycles. The third kappa shape index (κ3) is 5.25. The molecule has 0 aromatic heterocycles. The smallest absolute Gasteiger partial charge is 0.321 e. The molecule has 0 spiro atoms. The van der Waals surface area contributed by atoms with Crippen LogP contribution in [0.25, 0.3) is 0 Å². The number of aliphatic carboxylic acids is 1. The van der Waals surface area contributed by atoms with E-state index >= 15 is 0 Å². The number of aromatic hydroxyl groups is 1. The van der Waals surface area contributed by atoms with Crippen LogP contribution < -0.4 is 10.6 Å². The molecule has 0 aliphatic heterocycles. The second-order valence-electron chi connectivity index (χ2n) is 4.11. The van der Waals surface area contributed by atoms with E-state index in [2.05, 4.69) is 10.6 Å². The van der Waals surface area contributed by atoms with Crippen LogP contribution in [0.1, 0.15) is 6.42 Å². The molecule has 110 valence electrons. The number of phenolic OH excluding ortho intramolecular Hbond substituents is 1. The van der Waals surface area contributed by atoms with Crippen molar-refractivity contribution in [3.63, 3.8) is 0 Å². The zero-order valence-corrected chi connectivity index (χ0v) is 11.1. The fourth-order valence-electron chi connectivity index (χ4n) is 1.55. The van der Waals surface area contributed by atoms with Crippen molar-refractivity contribution < 1.29 is 24.5 Å². The van der Waals surface area contributed by atoms with Crippen LogP contribution in [0, 0.1) is 0 Å². The number of amides is 1. The van der Waals surface area contributed by atoms with Crippen LogP contribution in [0.4, 0.5) is 5.69 Å². The van der Waals surface area contributed by atoms with Gasteiger partial charge in [-0.2, -0.15) is 0 Å². The van der Waals surface area contributed by atoms with Crippen molar-refractivity contribution in [3.8, 4) is 5.75 Å². The second kappa shape index (κ2) is 8.13. The topological polar surface area (TPSA) is 108 Å². The monoisotopic (exact) mass is 282 g/mol. The van der Waals surface area contributed by atoms with E-state index in [4.69, 9.17) is 9.84 Å². The highest BCUT2D eigenvalue weighted by molar-refractivity contribution is 5.95. The van der Waals surface area contributed by atoms with Crippen molar-refractivity contribution in [2.45, 2.75) is 12.5 Å². The van der Waals surface area contributed by atoms with Gasteiger partial charge in [-0.3, -0.25) is 9.59 Å². The molecule has 1 atom stereocenters. The fraction of sp³-hybridized carbons (Fsp3) is 0.385. The lowest BCUT2D eigenvalue weighted by molar-refractivity contribution is -0.141. The number of ether oxygens (including phenoxy) is 1. The predicted octanol–water partition coefficient (Wildman–Crippen LogP) is 0.410. The van der Waals surface area contributed by atoms with Crippen LogP contribution in [-0.4, -0.2) is 48.4 Å². The zero-order chi connectivity index (χ0) is 15.0. The number of para-hydroxylation sites is 2. The van der Waals surface area contributed by atoms with Gasteiger partial charge in [-0.25, -0.2) is 0 Å². The first-order valence-electron chi connectivity index (χ1n) is 6.07. The quantitative estimate of drug-likeness (QED) is 0.406. The maximum Gasteiger partial charge on any atom is 0.321 e. The number of rotatable bonds is 8. The minimum Gasteiger partial charge on any atom is -0.506 e. The van der Waals surface area contributed by atoms with E-state index in [9.17, 15) is 14.7 Å². The fourth-order valence-corrected chi connectivity index (χ4v) is 1.55. The van der Waals surface area contributed by atoms with Crippen LogP contribution >= 0.6 is 0 Å². The van der Waals surface area contributed by atoms with Gasteiger partial charge in [0.25, 0.3) is 0 Å². The largest absolute Gasteiger partial charge is 0.506 e. The summed E-state index contributed by atoms with van der Waals surface area (Å²) in [7, 11) is 1.50. The lowest BCUT2D eigenvalue weighted by Gasteiger charge is -2.14. The number of anilines is 1. The zero-order valence-electron chi connectivity index (χ0n) is 11.1. The first-order valence-corrected chi connectivity index (χ1v) is 6.07. The SMILES string of the molecule is COCCNC(CC(=O)Nc1ccccc1O)C(=O)O. The van der Waals surface area contributed by atoms with Crippen molar-refractivity contribution in [1.29, 1.82) is 0 Å². The molecule has 0 fully saturated rings. The molecule has 1 amide bonds. The van der Waals surface area contributed by atoms with Crippen molar-refractivity contribution in [2.24, 2.45) is 0 Å². The molecule has 1 unspecified atom stereocenters. The second-order valence-corrected chi connectivity index (χ2v) is 4.11. The Bertz CT molecular complexity index is 464. The normalized spacial score (nSPS) is 11.8. The molecule has 0 saturated heterocycles. The van der Waals surface area contributed by atoms with Crippen LogP contribution in [0.3, 0.4) is 0 Å². The number of benzene rings is 1. The molecule has 0 bridgehead atoms. The van der Waals surface area contributed by atoms with Gasteiger partial charge in [0.05, 0.1) is 18.7 Å². The first kappa shape index (κ1) is 15.9. The number of carbonyl (C=O) groups is 2. The number of methoxy groups -OCH3 is 1. The number of phenols is 1. The van der Waals surface area contributed by atoms with Crippen molar-refractivity contribution in [2.75, 3.05) is 25.6 Å². The van der Waals surface area contributed by atoms with E-state index in [1.807, 2.05) is 0 Å². The Hall–Kier alpha value is -2.12. The molecule has 1 aromatic rings. The van der Waals surface area contributed by atoms with Crippen molar-refractivity contribution in [1.82, 2.24) is 5.32 Å². The van der Waals surface area contributed by atoms with Crippen LogP contribution in [0.5, 0.6) is 5.75 Å². The summed E-state index contributed by atoms with van der Waals surface area (Å²) in [5.74, 6) is -1.68. The van der Waals surface area contributed by atoms with Gasteiger partial charge in [-0.1, -0.05) is 12.1 Å². The van der Waals surface area contributed by atoms with E-state index in [1.165, 1.54) is 19.2 Å². The molecule has 0 saturated carbocycles. The Morgan fingerprint density at radius 1 is 1.35 bits per heavy atom. The summed E-state index contributed by atoms with van der Waals surface area (Å²) < 4.78 is 4.80. The molecule has 1 rings (SSSR count). The number of nitrogens with one attached hydrogen (secondary N) is 2. The average molecular weight is 282 g/mol. The molecule has 1 aromatic carbocycles. The lowest BCUT2D eigenvalue weighted by Crippen LogP contribution is -2.41. The standard InChI is InChI=1S/C13H18N2O5/c1-20-7-6-14-10(13(18)19)8-12(17)15-9-4-2-3-5-11(9)16/h2-5,10,14,16H,6-8H2,1H3,(H,15,17)(H,18,19). The summed E-state index contributed by atoms with van der Waals surface area (Å²) in [4.78, 5) is 22.8. The summed E-state index contributed by atoms with van der Waals surface area (Å²) in [6.45, 7) is 0.683. The third-order valence-electron chi connectivity index (χ3n) is 2.56. The van der Waals surface area contributed by atoms with Gasteiger partial charge in [0, 0.05) is 13.7 Å². The Balaban J connectivity index is 2.54. The van der Waals surface area contributed by atoms with Crippen molar-refractivity contribution >= 4 is 17.6 Å². The molecule has 7 heteroatoms. The van der Waals surface area contributed by atoms with E-state index in [-0.39, 0.29) is 17.9 Å². The molecule has 4 N–H and O–H groups in total. The van der Waals surface area contributed by atoms with Gasteiger partial charge in [0.2, 0.25) is 5.91 Å².